The summed E-state index contributed by atoms with van der Waals surface area (Å²) in [6.07, 6.45) is 5.57. The van der Waals surface area contributed by atoms with Crippen LogP contribution in [0.4, 0.5) is 0 Å². The van der Waals surface area contributed by atoms with Gasteiger partial charge in [-0.05, 0) is 12.2 Å². The van der Waals surface area contributed by atoms with Gasteiger partial charge in [0.15, 0.2) is 0 Å². The lowest BCUT2D eigenvalue weighted by atomic mass is 10.2. The standard InChI is InChI=1S/C7H7N3O3/c11-7(12)5-1-2-6(8-3-5)4-9-10-13/h1-4,8H,(H,9,13)(H,11,12)/b6-4-. The van der Waals surface area contributed by atoms with E-state index in [2.05, 4.69) is 16.0 Å². The van der Waals surface area contributed by atoms with E-state index in [1.807, 2.05) is 0 Å². The molecule has 0 amide bonds. The number of nitrogens with one attached hydrogen (secondary N) is 2. The van der Waals surface area contributed by atoms with Gasteiger partial charge < -0.3 is 10.4 Å². The number of carbonyl (C=O) groups is 1. The van der Waals surface area contributed by atoms with E-state index in [1.165, 1.54) is 24.6 Å². The molecule has 0 bridgehead atoms. The molecule has 1 heterocycles. The average Bonchev–Trinajstić information content (AvgIpc) is 2.15. The summed E-state index contributed by atoms with van der Waals surface area (Å²) in [5, 5.41) is 13.6. The van der Waals surface area contributed by atoms with Gasteiger partial charge in [0, 0.05) is 12.4 Å². The van der Waals surface area contributed by atoms with Crippen molar-refractivity contribution >= 4 is 5.97 Å². The Morgan fingerprint density at radius 1 is 1.62 bits per heavy atom. The summed E-state index contributed by atoms with van der Waals surface area (Å²) < 4.78 is 0. The topological polar surface area (TPSA) is 90.8 Å². The highest BCUT2D eigenvalue weighted by atomic mass is 16.4. The van der Waals surface area contributed by atoms with Crippen molar-refractivity contribution in [3.05, 3.63) is 40.7 Å². The van der Waals surface area contributed by atoms with Crippen molar-refractivity contribution in [3.8, 4) is 0 Å². The molecule has 0 aromatic heterocycles. The third kappa shape index (κ3) is 2.44. The molecule has 0 saturated heterocycles. The highest BCUT2D eigenvalue weighted by molar-refractivity contribution is 5.90. The van der Waals surface area contributed by atoms with Crippen LogP contribution in [0, 0.1) is 4.91 Å². The lowest BCUT2D eigenvalue weighted by Gasteiger charge is -2.07. The maximum atomic E-state index is 10.4. The summed E-state index contributed by atoms with van der Waals surface area (Å²) in [7, 11) is 0. The molecule has 0 radical (unpaired) electrons. The van der Waals surface area contributed by atoms with Gasteiger partial charge in [0.2, 0.25) is 0 Å². The molecular weight excluding hydrogens is 174 g/mol. The Balaban J connectivity index is 2.62. The molecule has 0 aromatic carbocycles. The third-order valence-corrected chi connectivity index (χ3v) is 1.36. The van der Waals surface area contributed by atoms with Gasteiger partial charge in [-0.25, -0.2) is 10.2 Å². The van der Waals surface area contributed by atoms with Crippen molar-refractivity contribution in [3.63, 3.8) is 0 Å². The maximum Gasteiger partial charge on any atom is 0.337 e. The lowest BCUT2D eigenvalue weighted by Crippen LogP contribution is -2.13. The molecule has 0 aliphatic carbocycles. The number of dihydropyridines is 1. The van der Waals surface area contributed by atoms with Crippen LogP contribution in [0.5, 0.6) is 0 Å². The number of carboxylic acid groups (broad SMARTS) is 1. The number of hydrogen-bond donors (Lipinski definition) is 3. The van der Waals surface area contributed by atoms with Gasteiger partial charge >= 0.3 is 5.97 Å². The second kappa shape index (κ2) is 4.05. The SMILES string of the molecule is O=NN/C=C1/C=CC(C(=O)O)=CN1. The van der Waals surface area contributed by atoms with Crippen LogP contribution >= 0.6 is 0 Å². The van der Waals surface area contributed by atoms with Crippen molar-refractivity contribution in [2.45, 2.75) is 0 Å². The monoisotopic (exact) mass is 181 g/mol. The molecular formula is C7H7N3O3. The smallest absolute Gasteiger partial charge is 0.337 e. The molecule has 13 heavy (non-hydrogen) atoms. The van der Waals surface area contributed by atoms with E-state index in [0.717, 1.165) is 0 Å². The second-order valence-corrected chi connectivity index (χ2v) is 2.20. The fourth-order valence-corrected chi connectivity index (χ4v) is 0.756. The molecule has 0 unspecified atom stereocenters. The van der Waals surface area contributed by atoms with Gasteiger partial charge in [-0.2, -0.15) is 0 Å². The van der Waals surface area contributed by atoms with Crippen molar-refractivity contribution < 1.29 is 9.90 Å². The highest BCUT2D eigenvalue weighted by Gasteiger charge is 2.06. The normalized spacial score (nSPS) is 17.5. The van der Waals surface area contributed by atoms with Gasteiger partial charge in [0.25, 0.3) is 0 Å². The maximum absolute atomic E-state index is 10.4. The van der Waals surface area contributed by atoms with Crippen LogP contribution in [0.3, 0.4) is 0 Å². The van der Waals surface area contributed by atoms with Crippen molar-refractivity contribution in [1.82, 2.24) is 10.7 Å². The van der Waals surface area contributed by atoms with Gasteiger partial charge in [-0.3, -0.25) is 0 Å². The number of hydrogen-bond acceptors (Lipinski definition) is 4. The molecule has 68 valence electrons. The molecule has 6 nitrogen and oxygen atoms in total. The van der Waals surface area contributed by atoms with E-state index in [0.29, 0.717) is 5.70 Å². The second-order valence-electron chi connectivity index (χ2n) is 2.20. The van der Waals surface area contributed by atoms with Crippen LogP contribution in [0.1, 0.15) is 0 Å². The molecule has 1 rings (SSSR count). The Bertz CT molecular complexity index is 317. The number of nitrogens with zero attached hydrogens (tertiary/aromatic N) is 1. The Labute approximate surface area is 73.6 Å². The number of allylic oxidation sites excluding steroid dienone is 1. The molecule has 0 spiro atoms. The Hall–Kier alpha value is -2.11. The molecule has 3 N–H and O–H groups in total. The number of carboxylic acids is 1. The molecule has 0 saturated carbocycles. The van der Waals surface area contributed by atoms with Gasteiger partial charge in [0.05, 0.1) is 16.6 Å². The van der Waals surface area contributed by atoms with Crippen molar-refractivity contribution in [2.75, 3.05) is 0 Å². The lowest BCUT2D eigenvalue weighted by molar-refractivity contribution is -0.132. The summed E-state index contributed by atoms with van der Waals surface area (Å²) in [5.41, 5.74) is 2.79. The molecule has 0 fully saturated rings. The largest absolute Gasteiger partial charge is 0.478 e. The van der Waals surface area contributed by atoms with Crippen LogP contribution in [-0.4, -0.2) is 11.1 Å². The minimum Gasteiger partial charge on any atom is -0.478 e. The van der Waals surface area contributed by atoms with Gasteiger partial charge in [0.1, 0.15) is 0 Å². The van der Waals surface area contributed by atoms with Crippen LogP contribution in [0.15, 0.2) is 41.1 Å². The fraction of sp³-hybridized carbons (Fsp3) is 0. The number of rotatable bonds is 3. The molecule has 0 atom stereocenters. The summed E-state index contributed by atoms with van der Waals surface area (Å²) in [6, 6.07) is 0. The minimum absolute atomic E-state index is 0.149. The van der Waals surface area contributed by atoms with E-state index in [1.54, 1.807) is 0 Å². The van der Waals surface area contributed by atoms with Crippen LogP contribution in [0.2, 0.25) is 0 Å². The Morgan fingerprint density at radius 2 is 2.38 bits per heavy atom. The number of nitroso groups, excluding NO2 is 1. The van der Waals surface area contributed by atoms with E-state index >= 15 is 0 Å². The van der Waals surface area contributed by atoms with E-state index in [4.69, 9.17) is 5.11 Å². The fourth-order valence-electron chi connectivity index (χ4n) is 0.756. The van der Waals surface area contributed by atoms with E-state index in [9.17, 15) is 9.70 Å². The first kappa shape index (κ1) is 8.98. The third-order valence-electron chi connectivity index (χ3n) is 1.36. The zero-order valence-corrected chi connectivity index (χ0v) is 6.52. The molecule has 1 aliphatic heterocycles. The highest BCUT2D eigenvalue weighted by Crippen LogP contribution is 2.05. The predicted molar refractivity (Wildman–Crippen MR) is 45.0 cm³/mol. The first-order valence-corrected chi connectivity index (χ1v) is 3.40. The summed E-state index contributed by atoms with van der Waals surface area (Å²) >= 11 is 0. The molecule has 0 aromatic rings. The first-order valence-electron chi connectivity index (χ1n) is 3.40. The van der Waals surface area contributed by atoms with E-state index in [-0.39, 0.29) is 5.57 Å². The average molecular weight is 181 g/mol. The van der Waals surface area contributed by atoms with Crippen LogP contribution in [-0.2, 0) is 4.79 Å². The van der Waals surface area contributed by atoms with Gasteiger partial charge in [-0.1, -0.05) is 0 Å². The predicted octanol–water partition coefficient (Wildman–Crippen LogP) is 0.227. The summed E-state index contributed by atoms with van der Waals surface area (Å²) in [4.78, 5) is 20.1. The molecule has 6 heteroatoms. The summed E-state index contributed by atoms with van der Waals surface area (Å²) in [6.45, 7) is 0. The Morgan fingerprint density at radius 3 is 2.85 bits per heavy atom. The van der Waals surface area contributed by atoms with Crippen molar-refractivity contribution in [1.29, 1.82) is 0 Å². The van der Waals surface area contributed by atoms with Crippen LogP contribution in [0.25, 0.3) is 0 Å². The quantitative estimate of drug-likeness (QED) is 0.428. The van der Waals surface area contributed by atoms with Gasteiger partial charge in [-0.15, -0.1) is 4.91 Å². The zero-order valence-electron chi connectivity index (χ0n) is 6.52. The first-order chi connectivity index (χ1) is 6.24. The molecule has 1 aliphatic rings. The summed E-state index contributed by atoms with van der Waals surface area (Å²) in [5.74, 6) is -1.01. The van der Waals surface area contributed by atoms with Crippen LogP contribution < -0.4 is 10.7 Å². The minimum atomic E-state index is -1.01. The Kier molecular flexibility index (Phi) is 2.80. The van der Waals surface area contributed by atoms with E-state index < -0.39 is 5.97 Å². The zero-order chi connectivity index (χ0) is 9.68. The van der Waals surface area contributed by atoms with Crippen molar-refractivity contribution in [2.24, 2.45) is 5.29 Å². The number of aliphatic carboxylic acids is 1.